The lowest BCUT2D eigenvalue weighted by molar-refractivity contribution is 0.590. The van der Waals surface area contributed by atoms with Crippen LogP contribution in [0.1, 0.15) is 47.6 Å². The maximum absolute atomic E-state index is 14.4. The molecular weight excluding hydrogens is 438 g/mol. The van der Waals surface area contributed by atoms with Gasteiger partial charge in [-0.2, -0.15) is 0 Å². The zero-order valence-corrected chi connectivity index (χ0v) is 20.0. The van der Waals surface area contributed by atoms with Crippen molar-refractivity contribution in [1.82, 2.24) is 9.55 Å². The third-order valence-corrected chi connectivity index (χ3v) is 6.80. The maximum atomic E-state index is 14.4. The summed E-state index contributed by atoms with van der Waals surface area (Å²) in [5, 5.41) is 0.408. The summed E-state index contributed by atoms with van der Waals surface area (Å²) >= 11 is 6.25. The molecular formula is C28H27ClF2N2. The zero-order chi connectivity index (χ0) is 23.8. The van der Waals surface area contributed by atoms with Gasteiger partial charge in [0.25, 0.3) is 0 Å². The number of aromatic nitrogens is 2. The Morgan fingerprint density at radius 2 is 1.64 bits per heavy atom. The van der Waals surface area contributed by atoms with E-state index in [2.05, 4.69) is 50.5 Å². The normalized spacial score (nSPS) is 11.7. The van der Waals surface area contributed by atoms with E-state index in [1.165, 1.54) is 29.3 Å². The van der Waals surface area contributed by atoms with E-state index in [0.717, 1.165) is 22.8 Å². The van der Waals surface area contributed by atoms with Crippen molar-refractivity contribution in [3.63, 3.8) is 0 Å². The molecule has 1 heterocycles. The van der Waals surface area contributed by atoms with Crippen molar-refractivity contribution in [3.8, 4) is 5.69 Å². The van der Waals surface area contributed by atoms with E-state index in [9.17, 15) is 8.78 Å². The van der Waals surface area contributed by atoms with Gasteiger partial charge in [0.2, 0.25) is 0 Å². The van der Waals surface area contributed by atoms with Gasteiger partial charge in [0.05, 0.1) is 5.69 Å². The van der Waals surface area contributed by atoms with Crippen LogP contribution in [0.2, 0.25) is 5.02 Å². The SMILES string of the molecule is Cc1ccc(C(C)(C)c2cnc(CCc3c(F)cccc3Cl)n2-c2ccc(F)cc2)cc1C. The Balaban J connectivity index is 1.80. The highest BCUT2D eigenvalue weighted by Gasteiger charge is 2.29. The largest absolute Gasteiger partial charge is 0.300 e. The van der Waals surface area contributed by atoms with Gasteiger partial charge < -0.3 is 0 Å². The first kappa shape index (κ1) is 23.2. The van der Waals surface area contributed by atoms with Gasteiger partial charge in [0, 0.05) is 34.3 Å². The van der Waals surface area contributed by atoms with Crippen molar-refractivity contribution < 1.29 is 8.78 Å². The van der Waals surface area contributed by atoms with Crippen LogP contribution in [0, 0.1) is 25.5 Å². The standard InChI is InChI=1S/C28H27ClF2N2/c1-18-8-9-20(16-19(18)2)28(3,4)26-17-32-27(33(26)22-12-10-21(30)11-13-22)15-14-23-24(29)6-5-7-25(23)31/h5-13,16-17H,14-15H2,1-4H3. The van der Waals surface area contributed by atoms with E-state index in [4.69, 9.17) is 16.6 Å². The predicted molar refractivity (Wildman–Crippen MR) is 130 cm³/mol. The van der Waals surface area contributed by atoms with E-state index in [1.54, 1.807) is 24.3 Å². The highest BCUT2D eigenvalue weighted by molar-refractivity contribution is 6.31. The number of aryl methyl sites for hydroxylation is 3. The molecule has 2 nitrogen and oxygen atoms in total. The van der Waals surface area contributed by atoms with Gasteiger partial charge in [-0.15, -0.1) is 0 Å². The van der Waals surface area contributed by atoms with Crippen LogP contribution in [0.15, 0.2) is 66.9 Å². The first-order valence-corrected chi connectivity index (χ1v) is 11.4. The Bertz CT molecular complexity index is 1270. The molecule has 3 aromatic carbocycles. The minimum atomic E-state index is -0.367. The first-order valence-electron chi connectivity index (χ1n) is 11.0. The average molecular weight is 465 g/mol. The minimum Gasteiger partial charge on any atom is -0.300 e. The number of hydrogen-bond acceptors (Lipinski definition) is 1. The Morgan fingerprint density at radius 3 is 2.30 bits per heavy atom. The topological polar surface area (TPSA) is 17.8 Å². The molecule has 0 bridgehead atoms. The van der Waals surface area contributed by atoms with Crippen LogP contribution in [0.3, 0.4) is 0 Å². The number of hydrogen-bond donors (Lipinski definition) is 0. The number of rotatable bonds is 6. The summed E-state index contributed by atoms with van der Waals surface area (Å²) in [5.41, 5.74) is 5.53. The highest BCUT2D eigenvalue weighted by atomic mass is 35.5. The summed E-state index contributed by atoms with van der Waals surface area (Å²) in [6.07, 6.45) is 2.77. The van der Waals surface area contributed by atoms with Crippen LogP contribution >= 0.6 is 11.6 Å². The van der Waals surface area contributed by atoms with Gasteiger partial charge in [0.15, 0.2) is 0 Å². The lowest BCUT2D eigenvalue weighted by Gasteiger charge is -2.28. The molecule has 4 rings (SSSR count). The molecule has 0 aliphatic rings. The fourth-order valence-electron chi connectivity index (χ4n) is 4.17. The quantitative estimate of drug-likeness (QED) is 0.288. The van der Waals surface area contributed by atoms with Crippen molar-refractivity contribution in [2.75, 3.05) is 0 Å². The molecule has 0 saturated heterocycles. The second-order valence-corrected chi connectivity index (χ2v) is 9.40. The van der Waals surface area contributed by atoms with E-state index >= 15 is 0 Å². The minimum absolute atomic E-state index is 0.298. The number of imidazole rings is 1. The Kier molecular flexibility index (Phi) is 6.40. The second-order valence-electron chi connectivity index (χ2n) is 9.00. The van der Waals surface area contributed by atoms with Crippen molar-refractivity contribution >= 4 is 11.6 Å². The van der Waals surface area contributed by atoms with Gasteiger partial charge in [-0.05, 0) is 73.4 Å². The van der Waals surface area contributed by atoms with Crippen molar-refractivity contribution in [2.24, 2.45) is 0 Å². The van der Waals surface area contributed by atoms with Gasteiger partial charge in [-0.1, -0.05) is 49.7 Å². The number of nitrogens with zero attached hydrogens (tertiary/aromatic N) is 2. The Hall–Kier alpha value is -2.98. The van der Waals surface area contributed by atoms with Crippen LogP contribution in [-0.2, 0) is 18.3 Å². The van der Waals surface area contributed by atoms with Gasteiger partial charge in [-0.3, -0.25) is 4.57 Å². The van der Waals surface area contributed by atoms with Gasteiger partial charge in [-0.25, -0.2) is 13.8 Å². The smallest absolute Gasteiger partial charge is 0.127 e. The summed E-state index contributed by atoms with van der Waals surface area (Å²) in [6, 6.07) is 17.6. The average Bonchev–Trinajstić information content (AvgIpc) is 3.20. The van der Waals surface area contributed by atoms with Crippen molar-refractivity contribution in [3.05, 3.63) is 117 Å². The van der Waals surface area contributed by atoms with Gasteiger partial charge in [0.1, 0.15) is 17.5 Å². The van der Waals surface area contributed by atoms with E-state index in [-0.39, 0.29) is 17.0 Å². The van der Waals surface area contributed by atoms with E-state index < -0.39 is 0 Å². The fourth-order valence-corrected chi connectivity index (χ4v) is 4.43. The third-order valence-electron chi connectivity index (χ3n) is 6.45. The molecule has 0 spiro atoms. The second kappa shape index (κ2) is 9.11. The molecule has 0 aliphatic carbocycles. The maximum Gasteiger partial charge on any atom is 0.127 e. The summed E-state index contributed by atoms with van der Waals surface area (Å²) in [5.74, 6) is 0.152. The zero-order valence-electron chi connectivity index (χ0n) is 19.3. The molecule has 0 atom stereocenters. The Morgan fingerprint density at radius 1 is 0.909 bits per heavy atom. The molecule has 1 aromatic heterocycles. The van der Waals surface area contributed by atoms with Crippen LogP contribution in [-0.4, -0.2) is 9.55 Å². The number of benzene rings is 3. The molecule has 0 unspecified atom stereocenters. The van der Waals surface area contributed by atoms with Crippen LogP contribution in [0.4, 0.5) is 8.78 Å². The summed E-state index contributed by atoms with van der Waals surface area (Å²) in [7, 11) is 0. The van der Waals surface area contributed by atoms with Crippen molar-refractivity contribution in [2.45, 2.75) is 46.0 Å². The summed E-state index contributed by atoms with van der Waals surface area (Å²) < 4.78 is 30.1. The molecule has 4 aromatic rings. The number of halogens is 3. The molecule has 0 amide bonds. The molecule has 0 saturated carbocycles. The Labute approximate surface area is 198 Å². The lowest BCUT2D eigenvalue weighted by Crippen LogP contribution is -2.24. The molecule has 0 radical (unpaired) electrons. The van der Waals surface area contributed by atoms with Crippen LogP contribution < -0.4 is 0 Å². The molecule has 33 heavy (non-hydrogen) atoms. The summed E-state index contributed by atoms with van der Waals surface area (Å²) in [6.45, 7) is 8.52. The molecule has 0 fully saturated rings. The highest BCUT2D eigenvalue weighted by Crippen LogP contribution is 2.35. The molecule has 170 valence electrons. The fraction of sp³-hybridized carbons (Fsp3) is 0.250. The lowest BCUT2D eigenvalue weighted by atomic mass is 9.80. The monoisotopic (exact) mass is 464 g/mol. The molecule has 0 N–H and O–H groups in total. The molecule has 0 aliphatic heterocycles. The van der Waals surface area contributed by atoms with E-state index in [0.29, 0.717) is 23.4 Å². The van der Waals surface area contributed by atoms with Crippen LogP contribution in [0.5, 0.6) is 0 Å². The van der Waals surface area contributed by atoms with Gasteiger partial charge >= 0.3 is 0 Å². The molecule has 5 heteroatoms. The third kappa shape index (κ3) is 4.58. The predicted octanol–water partition coefficient (Wildman–Crippen LogP) is 7.53. The van der Waals surface area contributed by atoms with Crippen molar-refractivity contribution in [1.29, 1.82) is 0 Å². The van der Waals surface area contributed by atoms with E-state index in [1.807, 2.05) is 6.20 Å². The first-order chi connectivity index (χ1) is 15.7. The van der Waals surface area contributed by atoms with Crippen LogP contribution in [0.25, 0.3) is 5.69 Å². The summed E-state index contributed by atoms with van der Waals surface area (Å²) in [4.78, 5) is 4.72.